The number of hydrogen-bond acceptors (Lipinski definition) is 2. The maximum Gasteiger partial charge on any atom is 0.0651 e. The van der Waals surface area contributed by atoms with Crippen LogP contribution in [-0.4, -0.2) is 6.61 Å². The van der Waals surface area contributed by atoms with Crippen molar-refractivity contribution < 1.29 is 4.84 Å². The minimum Gasteiger partial charge on any atom is -0.305 e. The van der Waals surface area contributed by atoms with Crippen molar-refractivity contribution in [1.82, 2.24) is 0 Å². The van der Waals surface area contributed by atoms with E-state index in [4.69, 9.17) is 0 Å². The van der Waals surface area contributed by atoms with E-state index >= 15 is 0 Å². The van der Waals surface area contributed by atoms with Crippen LogP contribution in [0.2, 0.25) is 0 Å². The van der Waals surface area contributed by atoms with Crippen LogP contribution in [0.25, 0.3) is 0 Å². The Balaban J connectivity index is 0. The van der Waals surface area contributed by atoms with Crippen molar-refractivity contribution in [3.63, 3.8) is 0 Å². The van der Waals surface area contributed by atoms with Gasteiger partial charge in [0.25, 0.3) is 0 Å². The van der Waals surface area contributed by atoms with Crippen LogP contribution in [0.1, 0.15) is 27.7 Å². The summed E-state index contributed by atoms with van der Waals surface area (Å²) in [6.45, 7) is 8.93. The van der Waals surface area contributed by atoms with Gasteiger partial charge in [-0.25, -0.2) is 5.90 Å². The van der Waals surface area contributed by atoms with Crippen molar-refractivity contribution in [2.45, 2.75) is 27.7 Å². The summed E-state index contributed by atoms with van der Waals surface area (Å²) in [5.41, 5.74) is 0. The molecule has 0 unspecified atom stereocenters. The van der Waals surface area contributed by atoms with Crippen LogP contribution in [0.4, 0.5) is 0 Å². The third kappa shape index (κ3) is 169. The molecule has 0 bridgehead atoms. The average Bonchev–Trinajstić information content (AvgIpc) is 1.65. The van der Waals surface area contributed by atoms with E-state index in [1.807, 2.05) is 6.92 Å². The second-order valence-electron chi connectivity index (χ2n) is 2.19. The van der Waals surface area contributed by atoms with Gasteiger partial charge in [0.15, 0.2) is 0 Å². The van der Waals surface area contributed by atoms with Gasteiger partial charge in [-0.15, -0.1) is 0 Å². The molecule has 2 N–H and O–H groups in total. The van der Waals surface area contributed by atoms with Crippen LogP contribution in [-0.2, 0) is 4.84 Å². The van der Waals surface area contributed by atoms with Crippen molar-refractivity contribution in [3.05, 3.63) is 0 Å². The molecule has 2 nitrogen and oxygen atoms in total. The highest BCUT2D eigenvalue weighted by Crippen LogP contribution is 1.81. The summed E-state index contributed by atoms with van der Waals surface area (Å²) in [7, 11) is 0. The third-order valence-corrected chi connectivity index (χ3v) is 0.167. The highest BCUT2D eigenvalue weighted by molar-refractivity contribution is 4.20. The van der Waals surface area contributed by atoms with Crippen molar-refractivity contribution in [2.75, 3.05) is 6.61 Å². The predicted molar refractivity (Wildman–Crippen MR) is 36.3 cm³/mol. The zero-order chi connectivity index (χ0) is 6.99. The summed E-state index contributed by atoms with van der Waals surface area (Å²) in [4.78, 5) is 4.04. The molecule has 0 aromatic heterocycles. The Morgan fingerprint density at radius 2 is 1.50 bits per heavy atom. The molecule has 0 rings (SSSR count). The summed E-state index contributed by atoms with van der Waals surface area (Å²) >= 11 is 0. The molecule has 0 saturated carbocycles. The van der Waals surface area contributed by atoms with Gasteiger partial charge >= 0.3 is 0 Å². The topological polar surface area (TPSA) is 35.2 Å². The number of hydrogen-bond donors (Lipinski definition) is 1. The summed E-state index contributed by atoms with van der Waals surface area (Å²) < 4.78 is 0. The molecule has 0 aliphatic rings. The van der Waals surface area contributed by atoms with Gasteiger partial charge < -0.3 is 4.84 Å². The fourth-order valence-corrected chi connectivity index (χ4v) is 0. The van der Waals surface area contributed by atoms with Crippen LogP contribution in [0.3, 0.4) is 0 Å². The minimum absolute atomic E-state index is 0.597. The molecule has 0 spiro atoms. The van der Waals surface area contributed by atoms with E-state index in [1.54, 1.807) is 0 Å². The standard InChI is InChI=1S/C4H10.C2H7NO/c1-4(2)3;1-2-4-3/h4H,1-3H3;2-3H2,1H3. The maximum absolute atomic E-state index is 4.53. The monoisotopic (exact) mass is 119 g/mol. The Morgan fingerprint density at radius 3 is 1.50 bits per heavy atom. The average molecular weight is 119 g/mol. The Hall–Kier alpha value is -0.0800. The molecular formula is C6H17NO. The van der Waals surface area contributed by atoms with Gasteiger partial charge in [-0.3, -0.25) is 0 Å². The molecule has 52 valence electrons. The fraction of sp³-hybridized carbons (Fsp3) is 1.00. The van der Waals surface area contributed by atoms with Crippen molar-refractivity contribution >= 4 is 0 Å². The van der Waals surface area contributed by atoms with Gasteiger partial charge in [0.05, 0.1) is 6.61 Å². The van der Waals surface area contributed by atoms with Gasteiger partial charge in [0, 0.05) is 0 Å². The van der Waals surface area contributed by atoms with E-state index in [1.165, 1.54) is 0 Å². The van der Waals surface area contributed by atoms with Gasteiger partial charge in [0.1, 0.15) is 0 Å². The van der Waals surface area contributed by atoms with Crippen LogP contribution >= 0.6 is 0 Å². The van der Waals surface area contributed by atoms with E-state index in [0.717, 1.165) is 5.92 Å². The number of nitrogens with two attached hydrogens (primary N) is 1. The van der Waals surface area contributed by atoms with Crippen LogP contribution in [0.5, 0.6) is 0 Å². The molecule has 0 aromatic rings. The molecule has 0 amide bonds. The van der Waals surface area contributed by atoms with Gasteiger partial charge in [-0.05, 0) is 12.8 Å². The minimum atomic E-state index is 0.597. The largest absolute Gasteiger partial charge is 0.305 e. The first-order chi connectivity index (χ1) is 3.65. The summed E-state index contributed by atoms with van der Waals surface area (Å²) in [5.74, 6) is 5.36. The number of rotatable bonds is 1. The molecule has 8 heavy (non-hydrogen) atoms. The van der Waals surface area contributed by atoms with Gasteiger partial charge in [-0.1, -0.05) is 20.8 Å². The summed E-state index contributed by atoms with van der Waals surface area (Å²) in [5, 5.41) is 0. The first kappa shape index (κ1) is 10.8. The molecule has 0 saturated heterocycles. The lowest BCUT2D eigenvalue weighted by Crippen LogP contribution is -1.94. The Kier molecular flexibility index (Phi) is 13.6. The normalized spacial score (nSPS) is 8.25. The second-order valence-corrected chi connectivity index (χ2v) is 2.19. The lowest BCUT2D eigenvalue weighted by Gasteiger charge is -1.79. The van der Waals surface area contributed by atoms with Gasteiger partial charge in [-0.2, -0.15) is 0 Å². The predicted octanol–water partition coefficient (Wildman–Crippen LogP) is 1.56. The molecule has 0 fully saturated rings. The summed E-state index contributed by atoms with van der Waals surface area (Å²) in [6.07, 6.45) is 0. The highest BCUT2D eigenvalue weighted by atomic mass is 16.6. The molecule has 0 aliphatic heterocycles. The highest BCUT2D eigenvalue weighted by Gasteiger charge is 1.68. The second kappa shape index (κ2) is 10.0. The first-order valence-corrected chi connectivity index (χ1v) is 2.96. The third-order valence-electron chi connectivity index (χ3n) is 0.167. The molecule has 2 heteroatoms. The quantitative estimate of drug-likeness (QED) is 0.532. The SMILES string of the molecule is CC(C)C.CCON. The van der Waals surface area contributed by atoms with Crippen molar-refractivity contribution in [1.29, 1.82) is 0 Å². The maximum atomic E-state index is 4.53. The molecule has 0 aromatic carbocycles. The van der Waals surface area contributed by atoms with E-state index < -0.39 is 0 Å². The lowest BCUT2D eigenvalue weighted by atomic mass is 10.3. The van der Waals surface area contributed by atoms with Crippen LogP contribution < -0.4 is 5.90 Å². The Bertz CT molecular complexity index is 25.0. The van der Waals surface area contributed by atoms with Crippen molar-refractivity contribution in [3.8, 4) is 0 Å². The molecular weight excluding hydrogens is 102 g/mol. The van der Waals surface area contributed by atoms with E-state index in [2.05, 4.69) is 31.5 Å². The Labute approximate surface area is 52.0 Å². The van der Waals surface area contributed by atoms with Gasteiger partial charge in [0.2, 0.25) is 0 Å². The molecule has 0 atom stereocenters. The van der Waals surface area contributed by atoms with Crippen LogP contribution in [0.15, 0.2) is 0 Å². The van der Waals surface area contributed by atoms with Crippen molar-refractivity contribution in [2.24, 2.45) is 11.8 Å². The lowest BCUT2D eigenvalue weighted by molar-refractivity contribution is 0.152. The fourth-order valence-electron chi connectivity index (χ4n) is 0. The molecule has 0 aliphatic carbocycles. The molecule has 0 radical (unpaired) electrons. The first-order valence-electron chi connectivity index (χ1n) is 2.96. The van der Waals surface area contributed by atoms with E-state index in [-0.39, 0.29) is 0 Å². The Morgan fingerprint density at radius 1 is 1.38 bits per heavy atom. The van der Waals surface area contributed by atoms with Crippen LogP contribution in [0, 0.1) is 5.92 Å². The molecule has 0 heterocycles. The summed E-state index contributed by atoms with van der Waals surface area (Å²) in [6, 6.07) is 0. The van der Waals surface area contributed by atoms with E-state index in [9.17, 15) is 0 Å². The zero-order valence-corrected chi connectivity index (χ0v) is 6.27. The van der Waals surface area contributed by atoms with E-state index in [0.29, 0.717) is 6.61 Å². The smallest absolute Gasteiger partial charge is 0.0651 e. The zero-order valence-electron chi connectivity index (χ0n) is 6.27.